The van der Waals surface area contributed by atoms with E-state index in [0.29, 0.717) is 0 Å². The molecule has 0 fully saturated rings. The van der Waals surface area contributed by atoms with Crippen molar-refractivity contribution < 1.29 is 15.0 Å². The number of hydrogen-bond donors (Lipinski definition) is 0. The maximum atomic E-state index is 8.00. The van der Waals surface area contributed by atoms with Crippen molar-refractivity contribution in [3.05, 3.63) is 84.0 Å². The third-order valence-electron chi connectivity index (χ3n) is 4.94. The third kappa shape index (κ3) is 4.87. The lowest BCUT2D eigenvalue weighted by atomic mass is 9.83. The molecule has 3 heteroatoms. The van der Waals surface area contributed by atoms with E-state index in [0.717, 1.165) is 31.6 Å². The molecule has 0 spiro atoms. The minimum absolute atomic E-state index is 0. The molecule has 4 rings (SSSR count). The van der Waals surface area contributed by atoms with Crippen molar-refractivity contribution in [2.45, 2.75) is 32.6 Å². The van der Waals surface area contributed by atoms with Gasteiger partial charge in [0.1, 0.15) is 12.5 Å². The van der Waals surface area contributed by atoms with Crippen molar-refractivity contribution in [2.75, 3.05) is 6.61 Å². The summed E-state index contributed by atoms with van der Waals surface area (Å²) in [5.41, 5.74) is 9.12. The molecule has 2 N–H and O–H groups in total. The van der Waals surface area contributed by atoms with E-state index in [4.69, 9.17) is 9.53 Å². The molecule has 2 aliphatic rings. The normalized spacial score (nSPS) is 14.0. The van der Waals surface area contributed by atoms with E-state index in [1.165, 1.54) is 45.4 Å². The van der Waals surface area contributed by atoms with Crippen LogP contribution >= 0.6 is 0 Å². The Labute approximate surface area is 168 Å². The van der Waals surface area contributed by atoms with Gasteiger partial charge in [0.25, 0.3) is 0 Å². The fourth-order valence-corrected chi connectivity index (χ4v) is 3.67. The van der Waals surface area contributed by atoms with Crippen molar-refractivity contribution in [1.82, 2.24) is 0 Å². The number of carbonyl (C=O) groups excluding carboxylic acids is 1. The standard InChI is InChI=1S/C22H22O.C2H4.CH2O.H2O/c1-15-7-3-4-9-20(15)18-11-16(2)21-14-22-17(12-19(21)13-18)8-5-6-10-23-22;2*1-2;/h3-4,7,9,12-14H,2,5-6,8,10-11H2,1H3;1-2H2;1H2;1H2. The highest BCUT2D eigenvalue weighted by Crippen LogP contribution is 2.40. The molecule has 0 atom stereocenters. The van der Waals surface area contributed by atoms with Crippen LogP contribution in [-0.4, -0.2) is 18.9 Å². The van der Waals surface area contributed by atoms with Gasteiger partial charge in [0.15, 0.2) is 0 Å². The second-order valence-electron chi connectivity index (χ2n) is 6.62. The lowest BCUT2D eigenvalue weighted by Crippen LogP contribution is -2.02. The van der Waals surface area contributed by atoms with E-state index < -0.39 is 0 Å². The summed E-state index contributed by atoms with van der Waals surface area (Å²) in [5, 5.41) is 0. The second kappa shape index (κ2) is 11.1. The van der Waals surface area contributed by atoms with Crippen molar-refractivity contribution in [3.63, 3.8) is 0 Å². The minimum atomic E-state index is 0. The Hall–Kier alpha value is -2.91. The summed E-state index contributed by atoms with van der Waals surface area (Å²) >= 11 is 0. The molecular weight excluding hydrogens is 348 g/mol. The molecule has 0 saturated carbocycles. The second-order valence-corrected chi connectivity index (χ2v) is 6.62. The van der Waals surface area contributed by atoms with Gasteiger partial charge in [-0.25, -0.2) is 0 Å². The highest BCUT2D eigenvalue weighted by molar-refractivity contribution is 5.96. The Morgan fingerprint density at radius 2 is 1.71 bits per heavy atom. The minimum Gasteiger partial charge on any atom is -0.493 e. The van der Waals surface area contributed by atoms with Crippen molar-refractivity contribution in [2.24, 2.45) is 0 Å². The fraction of sp³-hybridized carbons (Fsp3) is 0.240. The van der Waals surface area contributed by atoms with Gasteiger partial charge in [-0.2, -0.15) is 0 Å². The van der Waals surface area contributed by atoms with Crippen LogP contribution < -0.4 is 4.74 Å². The summed E-state index contributed by atoms with van der Waals surface area (Å²) in [7, 11) is 0. The Kier molecular flexibility index (Phi) is 9.13. The van der Waals surface area contributed by atoms with E-state index in [1.807, 2.05) is 6.79 Å². The number of allylic oxidation sites excluding steroid dienone is 2. The molecule has 148 valence electrons. The van der Waals surface area contributed by atoms with E-state index >= 15 is 0 Å². The molecule has 0 unspecified atom stereocenters. The van der Waals surface area contributed by atoms with Crippen molar-refractivity contribution >= 4 is 24.0 Å². The number of rotatable bonds is 1. The third-order valence-corrected chi connectivity index (χ3v) is 4.94. The van der Waals surface area contributed by atoms with E-state index in [9.17, 15) is 0 Å². The maximum Gasteiger partial charge on any atom is 0.123 e. The SMILES string of the molecule is C=C.C=C1CC(c2ccccc2C)=Cc2cc3c(cc21)OCCCC3.C=O.O. The molecule has 2 aromatic rings. The monoisotopic (exact) mass is 378 g/mol. The number of benzene rings is 2. The van der Waals surface area contributed by atoms with Crippen LogP contribution in [0, 0.1) is 6.92 Å². The highest BCUT2D eigenvalue weighted by Gasteiger charge is 2.20. The van der Waals surface area contributed by atoms with Crippen LogP contribution in [0.15, 0.2) is 56.1 Å². The average Bonchev–Trinajstić information content (AvgIpc) is 2.95. The number of carbonyl (C=O) groups is 1. The zero-order valence-electron chi connectivity index (χ0n) is 16.7. The first-order valence-corrected chi connectivity index (χ1v) is 9.26. The molecule has 1 aliphatic carbocycles. The van der Waals surface area contributed by atoms with Gasteiger partial charge in [-0.3, -0.25) is 0 Å². The van der Waals surface area contributed by atoms with Crippen molar-refractivity contribution in [3.8, 4) is 5.75 Å². The summed E-state index contributed by atoms with van der Waals surface area (Å²) in [6.45, 7) is 15.4. The van der Waals surface area contributed by atoms with Gasteiger partial charge in [-0.05, 0) is 83.7 Å². The van der Waals surface area contributed by atoms with E-state index in [2.05, 4.69) is 69.1 Å². The molecule has 3 nitrogen and oxygen atoms in total. The summed E-state index contributed by atoms with van der Waals surface area (Å²) in [6, 6.07) is 13.1. The van der Waals surface area contributed by atoms with Gasteiger partial charge in [0.2, 0.25) is 0 Å². The quantitative estimate of drug-likeness (QED) is 0.619. The average molecular weight is 379 g/mol. The predicted molar refractivity (Wildman–Crippen MR) is 120 cm³/mol. The molecule has 0 radical (unpaired) electrons. The molecule has 0 aromatic heterocycles. The van der Waals surface area contributed by atoms with E-state index in [1.54, 1.807) is 0 Å². The number of fused-ring (bicyclic) bond motifs is 2. The molecule has 0 saturated heterocycles. The van der Waals surface area contributed by atoms with Crippen LogP contribution in [-0.2, 0) is 11.2 Å². The summed E-state index contributed by atoms with van der Waals surface area (Å²) < 4.78 is 5.93. The van der Waals surface area contributed by atoms with Gasteiger partial charge in [0, 0.05) is 0 Å². The first kappa shape index (κ1) is 23.1. The van der Waals surface area contributed by atoms with Gasteiger partial charge in [0.05, 0.1) is 6.61 Å². The number of ether oxygens (including phenoxy) is 1. The molecule has 28 heavy (non-hydrogen) atoms. The van der Waals surface area contributed by atoms with Crippen LogP contribution in [0.1, 0.15) is 47.1 Å². The Bertz CT molecular complexity index is 847. The number of aryl methyl sites for hydroxylation is 2. The summed E-state index contributed by atoms with van der Waals surface area (Å²) in [5.74, 6) is 1.06. The van der Waals surface area contributed by atoms with Crippen LogP contribution in [0.4, 0.5) is 0 Å². The van der Waals surface area contributed by atoms with Crippen LogP contribution in [0.3, 0.4) is 0 Å². The lowest BCUT2D eigenvalue weighted by Gasteiger charge is -2.22. The highest BCUT2D eigenvalue weighted by atomic mass is 16.5. The van der Waals surface area contributed by atoms with Gasteiger partial charge >= 0.3 is 0 Å². The fourth-order valence-electron chi connectivity index (χ4n) is 3.67. The Morgan fingerprint density at radius 3 is 2.43 bits per heavy atom. The zero-order valence-corrected chi connectivity index (χ0v) is 16.7. The molecule has 0 bridgehead atoms. The molecule has 2 aromatic carbocycles. The first-order chi connectivity index (χ1) is 13.2. The predicted octanol–water partition coefficient (Wildman–Crippen LogP) is 5.46. The van der Waals surface area contributed by atoms with Crippen molar-refractivity contribution in [1.29, 1.82) is 0 Å². The van der Waals surface area contributed by atoms with Gasteiger partial charge in [-0.1, -0.05) is 36.9 Å². The summed E-state index contributed by atoms with van der Waals surface area (Å²) in [6.07, 6.45) is 6.72. The lowest BCUT2D eigenvalue weighted by molar-refractivity contribution is -0.0979. The Morgan fingerprint density at radius 1 is 1.00 bits per heavy atom. The summed E-state index contributed by atoms with van der Waals surface area (Å²) in [4.78, 5) is 8.00. The molecule has 0 amide bonds. The molecule has 1 heterocycles. The molecular formula is C25H30O3. The smallest absolute Gasteiger partial charge is 0.123 e. The topological polar surface area (TPSA) is 57.8 Å². The van der Waals surface area contributed by atoms with E-state index in [-0.39, 0.29) is 5.48 Å². The first-order valence-electron chi connectivity index (χ1n) is 9.26. The number of hydrogen-bond acceptors (Lipinski definition) is 2. The maximum absolute atomic E-state index is 8.00. The zero-order chi connectivity index (χ0) is 19.8. The Balaban J connectivity index is 0.000000739. The van der Waals surface area contributed by atoms with Gasteiger partial charge in [-0.15, -0.1) is 13.2 Å². The van der Waals surface area contributed by atoms with Gasteiger partial charge < -0.3 is 15.0 Å². The largest absolute Gasteiger partial charge is 0.493 e. The molecule has 1 aliphatic heterocycles. The van der Waals surface area contributed by atoms with Crippen LogP contribution in [0.2, 0.25) is 0 Å². The van der Waals surface area contributed by atoms with Crippen LogP contribution in [0.5, 0.6) is 5.75 Å². The van der Waals surface area contributed by atoms with Crippen LogP contribution in [0.25, 0.3) is 17.2 Å².